The number of piperidine rings is 1. The Labute approximate surface area is 295 Å². The molecule has 0 saturated carbocycles. The summed E-state index contributed by atoms with van der Waals surface area (Å²) in [5.41, 5.74) is 0.189. The third-order valence-corrected chi connectivity index (χ3v) is 9.94. The van der Waals surface area contributed by atoms with Crippen LogP contribution in [0.15, 0.2) is 89.7 Å². The number of ether oxygens (including phenoxy) is 2. The number of para-hydroxylation sites is 1. The first-order valence-corrected chi connectivity index (χ1v) is 18.2. The van der Waals surface area contributed by atoms with Crippen LogP contribution in [0.2, 0.25) is 0 Å². The van der Waals surface area contributed by atoms with Crippen molar-refractivity contribution in [3.05, 3.63) is 112 Å². The average Bonchev–Trinajstić information content (AvgIpc) is 3.16. The molecule has 4 aromatic rings. The Kier molecular flexibility index (Phi) is 14.0. The number of aliphatic hydroxyl groups is 2. The number of nitrogens with zero attached hydrogens (tertiary/aromatic N) is 1. The van der Waals surface area contributed by atoms with Gasteiger partial charge in [0.1, 0.15) is 5.75 Å². The van der Waals surface area contributed by atoms with Crippen molar-refractivity contribution >= 4 is 16.9 Å². The molecular formula is C41H53N3O6. The number of H-pyrrole nitrogens is 1. The highest BCUT2D eigenvalue weighted by Crippen LogP contribution is 2.33. The van der Waals surface area contributed by atoms with E-state index in [-0.39, 0.29) is 11.5 Å². The second-order valence-corrected chi connectivity index (χ2v) is 13.5. The lowest BCUT2D eigenvalue weighted by atomic mass is 9.86. The summed E-state index contributed by atoms with van der Waals surface area (Å²) < 4.78 is 11.1. The molecule has 3 aromatic carbocycles. The summed E-state index contributed by atoms with van der Waals surface area (Å²) in [4.78, 5) is 30.8. The molecule has 1 fully saturated rings. The first-order chi connectivity index (χ1) is 24.4. The third kappa shape index (κ3) is 10.0. The Morgan fingerprint density at radius 1 is 0.900 bits per heavy atom. The largest absolute Gasteiger partial charge is 0.497 e. The summed E-state index contributed by atoms with van der Waals surface area (Å²) >= 11 is 0. The lowest BCUT2D eigenvalue weighted by Crippen LogP contribution is -2.40. The zero-order valence-corrected chi connectivity index (χ0v) is 29.3. The normalized spacial score (nSPS) is 15.8. The minimum Gasteiger partial charge on any atom is -0.497 e. The van der Waals surface area contributed by atoms with Crippen LogP contribution >= 0.6 is 0 Å². The van der Waals surface area contributed by atoms with Crippen molar-refractivity contribution in [1.29, 1.82) is 0 Å². The van der Waals surface area contributed by atoms with Crippen LogP contribution in [0.4, 0.5) is 0 Å². The number of esters is 1. The van der Waals surface area contributed by atoms with Gasteiger partial charge in [-0.05, 0) is 87.1 Å². The molecule has 2 heterocycles. The molecule has 1 unspecified atom stereocenters. The maximum Gasteiger partial charge on any atom is 0.347 e. The number of hydrogen-bond acceptors (Lipinski definition) is 8. The average molecular weight is 684 g/mol. The van der Waals surface area contributed by atoms with E-state index in [0.29, 0.717) is 35.6 Å². The van der Waals surface area contributed by atoms with Crippen molar-refractivity contribution in [3.8, 4) is 5.75 Å². The van der Waals surface area contributed by atoms with Gasteiger partial charge >= 0.3 is 5.97 Å². The number of rotatable bonds is 19. The summed E-state index contributed by atoms with van der Waals surface area (Å²) in [5, 5.41) is 26.7. The predicted molar refractivity (Wildman–Crippen MR) is 197 cm³/mol. The number of fused-ring (bicyclic) bond motifs is 1. The molecule has 0 spiro atoms. The second kappa shape index (κ2) is 18.8. The summed E-state index contributed by atoms with van der Waals surface area (Å²) in [5.74, 6) is 0.180. The number of aromatic amines is 1. The number of aromatic nitrogens is 1. The van der Waals surface area contributed by atoms with Gasteiger partial charge in [0.15, 0.2) is 0 Å². The first kappa shape index (κ1) is 37.2. The van der Waals surface area contributed by atoms with Gasteiger partial charge in [-0.25, -0.2) is 4.79 Å². The topological polar surface area (TPSA) is 124 Å². The Morgan fingerprint density at radius 2 is 1.58 bits per heavy atom. The van der Waals surface area contributed by atoms with E-state index in [4.69, 9.17) is 9.47 Å². The van der Waals surface area contributed by atoms with Gasteiger partial charge in [0, 0.05) is 29.1 Å². The second-order valence-electron chi connectivity index (χ2n) is 13.5. The van der Waals surface area contributed by atoms with Crippen molar-refractivity contribution in [2.24, 2.45) is 5.92 Å². The van der Waals surface area contributed by atoms with Crippen molar-refractivity contribution < 1.29 is 24.5 Å². The van der Waals surface area contributed by atoms with E-state index in [2.05, 4.69) is 15.2 Å². The maximum absolute atomic E-state index is 13.5. The van der Waals surface area contributed by atoms with E-state index in [1.54, 1.807) is 55.6 Å². The lowest BCUT2D eigenvalue weighted by molar-refractivity contribution is -0.164. The summed E-state index contributed by atoms with van der Waals surface area (Å²) in [7, 11) is 1.56. The molecule has 268 valence electrons. The van der Waals surface area contributed by atoms with Crippen LogP contribution in [-0.2, 0) is 15.1 Å². The highest BCUT2D eigenvalue weighted by molar-refractivity contribution is 5.85. The fraction of sp³-hybridized carbons (Fsp3) is 0.463. The van der Waals surface area contributed by atoms with Gasteiger partial charge < -0.3 is 34.9 Å². The zero-order valence-electron chi connectivity index (χ0n) is 29.3. The van der Waals surface area contributed by atoms with E-state index >= 15 is 0 Å². The number of nitrogens with one attached hydrogen (secondary N) is 2. The van der Waals surface area contributed by atoms with Crippen LogP contribution in [0, 0.1) is 5.92 Å². The van der Waals surface area contributed by atoms with Crippen LogP contribution in [-0.4, -0.2) is 72.5 Å². The molecule has 0 radical (unpaired) electrons. The highest BCUT2D eigenvalue weighted by Gasteiger charge is 2.42. The number of aliphatic hydroxyl groups excluding tert-OH is 1. The molecule has 2 atom stereocenters. The fourth-order valence-electron chi connectivity index (χ4n) is 6.93. The van der Waals surface area contributed by atoms with Crippen molar-refractivity contribution in [2.75, 3.05) is 46.4 Å². The summed E-state index contributed by atoms with van der Waals surface area (Å²) in [6.07, 6.45) is 9.58. The van der Waals surface area contributed by atoms with E-state index < -0.39 is 17.7 Å². The molecule has 4 N–H and O–H groups in total. The quantitative estimate of drug-likeness (QED) is 0.0693. The van der Waals surface area contributed by atoms with Crippen LogP contribution in [0.5, 0.6) is 5.75 Å². The lowest BCUT2D eigenvalue weighted by Gasteiger charge is -2.33. The smallest absolute Gasteiger partial charge is 0.347 e. The van der Waals surface area contributed by atoms with Crippen LogP contribution in [0.25, 0.3) is 10.9 Å². The molecule has 50 heavy (non-hydrogen) atoms. The summed E-state index contributed by atoms with van der Waals surface area (Å²) in [6, 6.07) is 25.0. The third-order valence-electron chi connectivity index (χ3n) is 9.94. The van der Waals surface area contributed by atoms with E-state index in [1.165, 1.54) is 38.2 Å². The van der Waals surface area contributed by atoms with Crippen molar-refractivity contribution in [3.63, 3.8) is 0 Å². The van der Waals surface area contributed by atoms with Crippen molar-refractivity contribution in [2.45, 2.75) is 69.5 Å². The number of carbonyl (C=O) groups is 1. The van der Waals surface area contributed by atoms with Gasteiger partial charge in [-0.15, -0.1) is 0 Å². The van der Waals surface area contributed by atoms with Crippen molar-refractivity contribution in [1.82, 2.24) is 15.2 Å². The molecule has 9 nitrogen and oxygen atoms in total. The Balaban J connectivity index is 0.914. The summed E-state index contributed by atoms with van der Waals surface area (Å²) in [6.45, 7) is 4.68. The van der Waals surface area contributed by atoms with E-state index in [1.807, 2.05) is 30.3 Å². The zero-order chi connectivity index (χ0) is 35.2. The molecule has 0 bridgehead atoms. The monoisotopic (exact) mass is 683 g/mol. The number of carbonyl (C=O) groups excluding carboxylic acids is 1. The molecular weight excluding hydrogens is 630 g/mol. The Hall–Kier alpha value is -4.02. The van der Waals surface area contributed by atoms with E-state index in [0.717, 1.165) is 62.8 Å². The minimum atomic E-state index is -1.92. The van der Waals surface area contributed by atoms with Gasteiger partial charge in [0.2, 0.25) is 11.2 Å². The molecule has 1 saturated heterocycles. The van der Waals surface area contributed by atoms with E-state index in [9.17, 15) is 19.8 Å². The highest BCUT2D eigenvalue weighted by atomic mass is 16.5. The van der Waals surface area contributed by atoms with Crippen LogP contribution in [0.3, 0.4) is 0 Å². The van der Waals surface area contributed by atoms with Gasteiger partial charge in [-0.3, -0.25) is 4.79 Å². The minimum absolute atomic E-state index is 0.195. The SMILES string of the molecule is COc1cccc(C(O)(C(=O)OCC2CCN(CCCCCCCCCNC[C@H](O)c3cc(=O)[nH]c4ccccc34)CC2)c2ccccc2)c1. The number of likely N-dealkylation sites (tertiary alicyclic amines) is 1. The number of pyridine rings is 1. The standard InChI is InChI=1S/C41H53N3O6/c1-49-34-18-14-17-33(27-34)41(48,32-15-8-7-9-16-32)40(47)50-30-31-21-25-44(26-22-31)24-13-6-4-2-3-5-12-23-42-29-38(45)36-28-39(46)43-37-20-11-10-19-35(36)37/h7-11,14-20,27-28,31,38,42,45,48H,2-6,12-13,21-26,29-30H2,1H3,(H,43,46)/t38-,41?/m0/s1. The molecule has 0 aliphatic carbocycles. The molecule has 1 aromatic heterocycles. The van der Waals surface area contributed by atoms with Gasteiger partial charge in [-0.2, -0.15) is 0 Å². The Bertz CT molecular complexity index is 1690. The van der Waals surface area contributed by atoms with Crippen LogP contribution < -0.4 is 15.6 Å². The first-order valence-electron chi connectivity index (χ1n) is 18.2. The molecule has 1 aliphatic rings. The number of unbranched alkanes of at least 4 members (excludes halogenated alkanes) is 6. The number of hydrogen-bond donors (Lipinski definition) is 4. The van der Waals surface area contributed by atoms with Gasteiger partial charge in [0.05, 0.1) is 19.8 Å². The molecule has 0 amide bonds. The molecule has 1 aliphatic heterocycles. The van der Waals surface area contributed by atoms with Gasteiger partial charge in [0.25, 0.3) is 0 Å². The Morgan fingerprint density at radius 3 is 2.34 bits per heavy atom. The predicted octanol–water partition coefficient (Wildman–Crippen LogP) is 6.08. The van der Waals surface area contributed by atoms with Gasteiger partial charge in [-0.1, -0.05) is 92.8 Å². The maximum atomic E-state index is 13.5. The molecule has 5 rings (SSSR count). The number of benzene rings is 3. The number of methoxy groups -OCH3 is 1. The van der Waals surface area contributed by atoms with Crippen LogP contribution in [0.1, 0.15) is 80.6 Å². The molecule has 9 heteroatoms. The fourth-order valence-corrected chi connectivity index (χ4v) is 6.93.